The lowest BCUT2D eigenvalue weighted by Gasteiger charge is -2.32. The van der Waals surface area contributed by atoms with Crippen molar-refractivity contribution >= 4 is 11.5 Å². The first-order chi connectivity index (χ1) is 19.7. The summed E-state index contributed by atoms with van der Waals surface area (Å²) in [5.41, 5.74) is -1.22. The monoisotopic (exact) mass is 594 g/mol. The summed E-state index contributed by atoms with van der Waals surface area (Å²) in [5.74, 6) is -0.993. The van der Waals surface area contributed by atoms with Crippen LogP contribution >= 0.6 is 0 Å². The molecule has 3 heterocycles. The number of rotatable bonds is 6. The number of fused-ring (bicyclic) bond motifs is 1. The van der Waals surface area contributed by atoms with Crippen molar-refractivity contribution in [3.63, 3.8) is 0 Å². The summed E-state index contributed by atoms with van der Waals surface area (Å²) in [6.45, 7) is 1.40. The Hall–Kier alpha value is -3.93. The number of amides is 1. The summed E-state index contributed by atoms with van der Waals surface area (Å²) >= 11 is 0. The highest BCUT2D eigenvalue weighted by atomic mass is 19.4. The number of aromatic nitrogens is 1. The van der Waals surface area contributed by atoms with E-state index in [9.17, 15) is 35.5 Å². The van der Waals surface area contributed by atoms with E-state index in [1.54, 1.807) is 23.2 Å². The molecule has 0 bridgehead atoms. The molecule has 0 spiro atoms. The second kappa shape index (κ2) is 11.0. The minimum atomic E-state index is -5.01. The van der Waals surface area contributed by atoms with Crippen LogP contribution in [0.4, 0.5) is 30.7 Å². The van der Waals surface area contributed by atoms with Crippen molar-refractivity contribution in [3.8, 4) is 5.88 Å². The average molecular weight is 595 g/mol. The Kier molecular flexibility index (Phi) is 7.78. The molecule has 1 fully saturated rings. The van der Waals surface area contributed by atoms with Crippen molar-refractivity contribution in [2.45, 2.75) is 49.9 Å². The van der Waals surface area contributed by atoms with Gasteiger partial charge < -0.3 is 14.4 Å². The molecule has 2 aliphatic rings. The van der Waals surface area contributed by atoms with Crippen molar-refractivity contribution in [2.24, 2.45) is 0 Å². The topological polar surface area (TPSA) is 51.7 Å². The number of halogens is 7. The molecule has 5 nitrogen and oxygen atoms in total. The number of hydrogen-bond donors (Lipinski definition) is 0. The van der Waals surface area contributed by atoms with Crippen molar-refractivity contribution < 1.29 is 45.0 Å². The lowest BCUT2D eigenvalue weighted by Crippen LogP contribution is -2.39. The first-order valence-corrected chi connectivity index (χ1v) is 13.0. The van der Waals surface area contributed by atoms with E-state index in [2.05, 4.69) is 4.98 Å². The van der Waals surface area contributed by atoms with Crippen molar-refractivity contribution in [3.05, 3.63) is 101 Å². The number of benzene rings is 2. The third-order valence-electron chi connectivity index (χ3n) is 7.63. The minimum absolute atomic E-state index is 0.0333. The van der Waals surface area contributed by atoms with Crippen molar-refractivity contribution in [1.29, 1.82) is 0 Å². The number of alkyl halides is 6. The fourth-order valence-corrected chi connectivity index (χ4v) is 5.59. The zero-order valence-corrected chi connectivity index (χ0v) is 22.3. The molecule has 5 rings (SSSR count). The van der Waals surface area contributed by atoms with Gasteiger partial charge >= 0.3 is 12.4 Å². The summed E-state index contributed by atoms with van der Waals surface area (Å²) < 4.78 is 106. The molecule has 2 aromatic carbocycles. The molecule has 2 aliphatic heterocycles. The molecular formula is C30H25F7N2O3. The standard InChI is InChI=1S/C30H25F7N2O3/c1-16(19-9-21(29(32,33)34)13-22(10-19)30(35,36)37)42-25-15-39-24(28(25)17-3-6-23(31)7-4-17)11-20(12-27(39)40)18-5-8-26(41-2)38-14-18/h3-10,12-14,16,24-25,28H,11,15H2,1-2H3/t16-,24+,25+,28+/m1/s1. The van der Waals surface area contributed by atoms with Crippen LogP contribution in [0.3, 0.4) is 0 Å². The van der Waals surface area contributed by atoms with Crippen LogP contribution in [0.15, 0.2) is 66.9 Å². The molecule has 1 saturated heterocycles. The fraction of sp³-hybridized carbons (Fsp3) is 0.333. The lowest BCUT2D eigenvalue weighted by atomic mass is 9.84. The second-order valence-corrected chi connectivity index (χ2v) is 10.3. The van der Waals surface area contributed by atoms with E-state index in [1.165, 1.54) is 44.4 Å². The van der Waals surface area contributed by atoms with E-state index >= 15 is 0 Å². The van der Waals surface area contributed by atoms with Gasteiger partial charge in [-0.25, -0.2) is 9.37 Å². The van der Waals surface area contributed by atoms with E-state index in [0.29, 0.717) is 41.1 Å². The second-order valence-electron chi connectivity index (χ2n) is 10.3. The predicted molar refractivity (Wildman–Crippen MR) is 138 cm³/mol. The Morgan fingerprint density at radius 1 is 0.952 bits per heavy atom. The van der Waals surface area contributed by atoms with E-state index in [4.69, 9.17) is 9.47 Å². The van der Waals surface area contributed by atoms with Gasteiger partial charge in [-0.15, -0.1) is 0 Å². The van der Waals surface area contributed by atoms with Gasteiger partial charge in [0.05, 0.1) is 30.4 Å². The van der Waals surface area contributed by atoms with Crippen LogP contribution in [0.2, 0.25) is 0 Å². The Balaban J connectivity index is 1.48. The number of hydrogen-bond acceptors (Lipinski definition) is 4. The molecule has 222 valence electrons. The van der Waals surface area contributed by atoms with Gasteiger partial charge in [-0.3, -0.25) is 4.79 Å². The van der Waals surface area contributed by atoms with E-state index in [1.807, 2.05) is 0 Å². The first-order valence-electron chi connectivity index (χ1n) is 13.0. The Bertz CT molecular complexity index is 1450. The van der Waals surface area contributed by atoms with E-state index in [-0.39, 0.29) is 24.1 Å². The molecule has 12 heteroatoms. The van der Waals surface area contributed by atoms with Crippen molar-refractivity contribution in [2.75, 3.05) is 13.7 Å². The maximum atomic E-state index is 13.8. The summed E-state index contributed by atoms with van der Waals surface area (Å²) in [5, 5.41) is 0. The van der Waals surface area contributed by atoms with Crippen LogP contribution in [0, 0.1) is 5.82 Å². The summed E-state index contributed by atoms with van der Waals surface area (Å²) in [6.07, 6.45) is -8.64. The van der Waals surface area contributed by atoms with Crippen LogP contribution < -0.4 is 4.74 Å². The number of carbonyl (C=O) groups excluding carboxylic acids is 1. The fourth-order valence-electron chi connectivity index (χ4n) is 5.59. The van der Waals surface area contributed by atoms with Gasteiger partial charge in [0.2, 0.25) is 11.8 Å². The van der Waals surface area contributed by atoms with Gasteiger partial charge in [0, 0.05) is 36.8 Å². The molecule has 0 saturated carbocycles. The van der Waals surface area contributed by atoms with Gasteiger partial charge in [-0.2, -0.15) is 26.3 Å². The minimum Gasteiger partial charge on any atom is -0.481 e. The van der Waals surface area contributed by atoms with Crippen LogP contribution in [0.5, 0.6) is 5.88 Å². The molecule has 4 atom stereocenters. The molecule has 0 unspecified atom stereocenters. The zero-order chi connectivity index (χ0) is 30.4. The molecule has 0 radical (unpaired) electrons. The highest BCUT2D eigenvalue weighted by Gasteiger charge is 2.48. The zero-order valence-electron chi connectivity index (χ0n) is 22.3. The maximum Gasteiger partial charge on any atom is 0.416 e. The summed E-state index contributed by atoms with van der Waals surface area (Å²) in [7, 11) is 1.47. The predicted octanol–water partition coefficient (Wildman–Crippen LogP) is 7.20. The van der Waals surface area contributed by atoms with Gasteiger partial charge in [-0.05, 0) is 72.0 Å². The Morgan fingerprint density at radius 2 is 1.60 bits per heavy atom. The normalized spacial score (nSPS) is 21.6. The van der Waals surface area contributed by atoms with Crippen LogP contribution in [-0.2, 0) is 21.9 Å². The van der Waals surface area contributed by atoms with E-state index < -0.39 is 53.5 Å². The van der Waals surface area contributed by atoms with Gasteiger partial charge in [0.1, 0.15) is 5.82 Å². The highest BCUT2D eigenvalue weighted by molar-refractivity contribution is 5.97. The number of pyridine rings is 1. The molecule has 42 heavy (non-hydrogen) atoms. The van der Waals surface area contributed by atoms with Gasteiger partial charge in [0.15, 0.2) is 0 Å². The largest absolute Gasteiger partial charge is 0.481 e. The lowest BCUT2D eigenvalue weighted by molar-refractivity contribution is -0.143. The summed E-state index contributed by atoms with van der Waals surface area (Å²) in [6, 6.07) is 9.82. The Morgan fingerprint density at radius 3 is 2.14 bits per heavy atom. The number of methoxy groups -OCH3 is 1. The van der Waals surface area contributed by atoms with Crippen molar-refractivity contribution in [1.82, 2.24) is 9.88 Å². The van der Waals surface area contributed by atoms with Crippen LogP contribution in [0.25, 0.3) is 5.57 Å². The smallest absolute Gasteiger partial charge is 0.416 e. The number of nitrogens with zero attached hydrogens (tertiary/aromatic N) is 2. The molecular weight excluding hydrogens is 569 g/mol. The molecule has 3 aromatic rings. The molecule has 1 amide bonds. The third kappa shape index (κ3) is 5.99. The maximum absolute atomic E-state index is 13.8. The van der Waals surface area contributed by atoms with Gasteiger partial charge in [0.25, 0.3) is 0 Å². The van der Waals surface area contributed by atoms with E-state index in [0.717, 1.165) is 0 Å². The average Bonchev–Trinajstić information content (AvgIpc) is 3.30. The number of ether oxygens (including phenoxy) is 2. The van der Waals surface area contributed by atoms with Crippen LogP contribution in [-0.4, -0.2) is 41.6 Å². The third-order valence-corrected chi connectivity index (χ3v) is 7.63. The quantitative estimate of drug-likeness (QED) is 0.284. The van der Waals surface area contributed by atoms with Crippen LogP contribution in [0.1, 0.15) is 53.2 Å². The number of carbonyl (C=O) groups is 1. The molecule has 0 aliphatic carbocycles. The highest BCUT2D eigenvalue weighted by Crippen LogP contribution is 2.45. The molecule has 1 aromatic heterocycles. The summed E-state index contributed by atoms with van der Waals surface area (Å²) in [4.78, 5) is 19.0. The SMILES string of the molecule is COc1ccc(C2=CC(=O)N3C[C@H](O[C@H](C)c4cc(C(F)(F)F)cc(C(F)(F)F)c4)[C@@H](c4ccc(F)cc4)[C@@H]3C2)cn1. The Labute approximate surface area is 236 Å². The van der Waals surface area contributed by atoms with Gasteiger partial charge in [-0.1, -0.05) is 12.1 Å². The first kappa shape index (κ1) is 29.6. The molecule has 0 N–H and O–H groups in total.